The summed E-state index contributed by atoms with van der Waals surface area (Å²) in [7, 11) is 0. The van der Waals surface area contributed by atoms with E-state index in [-0.39, 0.29) is 36.5 Å². The van der Waals surface area contributed by atoms with Crippen LogP contribution < -0.4 is 20.1 Å². The molecule has 276 valence electrons. The number of amides is 2. The lowest BCUT2D eigenvalue weighted by molar-refractivity contribution is -0.136. The maximum Gasteiger partial charge on any atom is 0.252 e. The lowest BCUT2D eigenvalue weighted by Gasteiger charge is -2.45. The Kier molecular flexibility index (Phi) is 10.9. The summed E-state index contributed by atoms with van der Waals surface area (Å²) in [6.45, 7) is 4.03. The molecule has 2 amide bonds. The Morgan fingerprint density at radius 1 is 0.981 bits per heavy atom. The van der Waals surface area contributed by atoms with Gasteiger partial charge in [-0.05, 0) is 92.0 Å². The Balaban J connectivity index is 1.09. The maximum absolute atomic E-state index is 14.7. The van der Waals surface area contributed by atoms with Gasteiger partial charge in [0.2, 0.25) is 11.7 Å². The van der Waals surface area contributed by atoms with Crippen LogP contribution >= 0.6 is 0 Å². The Labute approximate surface area is 301 Å². The van der Waals surface area contributed by atoms with E-state index < -0.39 is 35.3 Å². The topological polar surface area (TPSA) is 103 Å². The Bertz CT molecular complexity index is 1820. The summed E-state index contributed by atoms with van der Waals surface area (Å²) in [6, 6.07) is 16.6. The third-order valence-electron chi connectivity index (χ3n) is 10.4. The summed E-state index contributed by atoms with van der Waals surface area (Å²) < 4.78 is 52.8. The number of rotatable bonds is 13. The normalized spacial score (nSPS) is 22.8. The number of nitrogens with zero attached hydrogens (tertiary/aromatic N) is 2. The molecular weight excluding hydrogens is 673 g/mol. The van der Waals surface area contributed by atoms with Crippen LogP contribution in [0.15, 0.2) is 66.2 Å². The van der Waals surface area contributed by atoms with Gasteiger partial charge in [-0.15, -0.1) is 0 Å². The summed E-state index contributed by atoms with van der Waals surface area (Å²) >= 11 is 0. The molecule has 3 heterocycles. The van der Waals surface area contributed by atoms with Crippen LogP contribution in [-0.2, 0) is 16.0 Å². The van der Waals surface area contributed by atoms with E-state index in [1.165, 1.54) is 0 Å². The van der Waals surface area contributed by atoms with E-state index >= 15 is 0 Å². The van der Waals surface area contributed by atoms with Crippen molar-refractivity contribution in [3.05, 3.63) is 100 Å². The molecule has 3 fully saturated rings. The van der Waals surface area contributed by atoms with Crippen molar-refractivity contribution in [2.24, 2.45) is 0 Å². The number of carbonyl (C=O) groups is 2. The Hall–Kier alpha value is -4.39. The SMILES string of the molecule is Cc1cccc(OCCN(C(=O)C2=C(c3ccc(CCCOc4c(F)ccc(F)c4F)cc3)C[C@@H]3CN(C(=O)C4C[C@@H](O)CN4)C[C@H]2N3)C2CC2)c1. The van der Waals surface area contributed by atoms with Crippen molar-refractivity contribution in [2.75, 3.05) is 39.4 Å². The van der Waals surface area contributed by atoms with Gasteiger partial charge in [0.05, 0.1) is 31.3 Å². The summed E-state index contributed by atoms with van der Waals surface area (Å²) in [6.07, 6.45) is 3.24. The van der Waals surface area contributed by atoms with E-state index in [4.69, 9.17) is 9.47 Å². The highest BCUT2D eigenvalue weighted by Crippen LogP contribution is 2.37. The first kappa shape index (κ1) is 36.0. The molecule has 12 heteroatoms. The number of benzene rings is 3. The lowest BCUT2D eigenvalue weighted by atomic mass is 9.82. The van der Waals surface area contributed by atoms with Crippen molar-refractivity contribution in [1.82, 2.24) is 20.4 Å². The summed E-state index contributed by atoms with van der Waals surface area (Å²) in [5.74, 6) is -3.51. The van der Waals surface area contributed by atoms with Crippen molar-refractivity contribution >= 4 is 17.4 Å². The minimum absolute atomic E-state index is 0.00697. The maximum atomic E-state index is 14.7. The molecule has 1 unspecified atom stereocenters. The number of fused-ring (bicyclic) bond motifs is 2. The van der Waals surface area contributed by atoms with Crippen LogP contribution in [0.3, 0.4) is 0 Å². The molecule has 0 aromatic heterocycles. The number of hydrogen-bond donors (Lipinski definition) is 3. The van der Waals surface area contributed by atoms with E-state index in [2.05, 4.69) is 10.6 Å². The van der Waals surface area contributed by atoms with E-state index in [0.29, 0.717) is 64.0 Å². The molecule has 9 nitrogen and oxygen atoms in total. The average molecular weight is 719 g/mol. The van der Waals surface area contributed by atoms with Gasteiger partial charge < -0.3 is 35.0 Å². The molecule has 1 aliphatic carbocycles. The fraction of sp³-hybridized carbons (Fsp3) is 0.450. The number of nitrogens with one attached hydrogen (secondary N) is 2. The minimum Gasteiger partial charge on any atom is -0.492 e. The number of β-amino-alcohol motifs (C(OH)–C–C–N with tert-alkyl or cyclic N) is 1. The fourth-order valence-electron chi connectivity index (χ4n) is 7.59. The van der Waals surface area contributed by atoms with Crippen LogP contribution in [0.25, 0.3) is 5.57 Å². The predicted molar refractivity (Wildman–Crippen MR) is 189 cm³/mol. The molecule has 0 radical (unpaired) electrons. The van der Waals surface area contributed by atoms with Crippen LogP contribution in [-0.4, -0.2) is 96.4 Å². The average Bonchev–Trinajstić information content (AvgIpc) is 3.89. The van der Waals surface area contributed by atoms with Gasteiger partial charge >= 0.3 is 0 Å². The fourth-order valence-corrected chi connectivity index (χ4v) is 7.59. The molecule has 3 aromatic carbocycles. The van der Waals surface area contributed by atoms with Crippen molar-refractivity contribution in [3.8, 4) is 11.5 Å². The molecule has 2 saturated heterocycles. The second-order valence-electron chi connectivity index (χ2n) is 14.3. The third-order valence-corrected chi connectivity index (χ3v) is 10.4. The molecule has 3 aliphatic heterocycles. The highest BCUT2D eigenvalue weighted by molar-refractivity contribution is 6.03. The predicted octanol–water partition coefficient (Wildman–Crippen LogP) is 4.54. The quantitative estimate of drug-likeness (QED) is 0.176. The van der Waals surface area contributed by atoms with Gasteiger partial charge in [-0.1, -0.05) is 36.4 Å². The van der Waals surface area contributed by atoms with Crippen LogP contribution in [0.1, 0.15) is 48.8 Å². The first-order chi connectivity index (χ1) is 25.1. The lowest BCUT2D eigenvalue weighted by Crippen LogP contribution is -2.63. The summed E-state index contributed by atoms with van der Waals surface area (Å²) in [5.41, 5.74) is 4.62. The molecule has 4 atom stereocenters. The van der Waals surface area contributed by atoms with Crippen molar-refractivity contribution in [2.45, 2.75) is 75.7 Å². The van der Waals surface area contributed by atoms with E-state index in [0.717, 1.165) is 53.0 Å². The molecule has 2 bridgehead atoms. The van der Waals surface area contributed by atoms with Gasteiger partial charge in [0.15, 0.2) is 17.4 Å². The van der Waals surface area contributed by atoms with Gasteiger partial charge in [0.1, 0.15) is 12.4 Å². The Morgan fingerprint density at radius 2 is 1.77 bits per heavy atom. The molecule has 3 aromatic rings. The number of hydrogen-bond acceptors (Lipinski definition) is 7. The number of aliphatic hydroxyl groups excluding tert-OH is 1. The number of carbonyl (C=O) groups excluding carboxylic acids is 2. The van der Waals surface area contributed by atoms with Gasteiger partial charge in [-0.3, -0.25) is 9.59 Å². The van der Waals surface area contributed by atoms with Crippen LogP contribution in [0.5, 0.6) is 11.5 Å². The van der Waals surface area contributed by atoms with E-state index in [1.54, 1.807) is 0 Å². The highest BCUT2D eigenvalue weighted by Gasteiger charge is 2.44. The number of piperazine rings is 1. The van der Waals surface area contributed by atoms with Crippen LogP contribution in [0, 0.1) is 24.4 Å². The zero-order valence-corrected chi connectivity index (χ0v) is 29.3. The first-order valence-electron chi connectivity index (χ1n) is 18.2. The molecular formula is C40H45F3N4O5. The summed E-state index contributed by atoms with van der Waals surface area (Å²) in [4.78, 5) is 32.0. The number of aliphatic hydroxyl groups is 1. The van der Waals surface area contributed by atoms with Crippen LogP contribution in [0.2, 0.25) is 0 Å². The second-order valence-corrected chi connectivity index (χ2v) is 14.3. The van der Waals surface area contributed by atoms with Gasteiger partial charge in [-0.25, -0.2) is 8.78 Å². The van der Waals surface area contributed by atoms with Crippen molar-refractivity contribution in [3.63, 3.8) is 0 Å². The number of halogens is 3. The highest BCUT2D eigenvalue weighted by atomic mass is 19.2. The largest absolute Gasteiger partial charge is 0.492 e. The van der Waals surface area contributed by atoms with Crippen molar-refractivity contribution < 1.29 is 37.3 Å². The van der Waals surface area contributed by atoms with E-state index in [9.17, 15) is 27.9 Å². The molecule has 3 N–H and O–H groups in total. The van der Waals surface area contributed by atoms with E-state index in [1.807, 2.05) is 65.3 Å². The number of ether oxygens (including phenoxy) is 2. The number of aryl methyl sites for hydroxylation is 2. The van der Waals surface area contributed by atoms with Crippen LogP contribution in [0.4, 0.5) is 13.2 Å². The van der Waals surface area contributed by atoms with Crippen molar-refractivity contribution in [1.29, 1.82) is 0 Å². The second kappa shape index (κ2) is 15.7. The Morgan fingerprint density at radius 3 is 2.50 bits per heavy atom. The molecule has 52 heavy (non-hydrogen) atoms. The monoisotopic (exact) mass is 718 g/mol. The van der Waals surface area contributed by atoms with Gasteiger partial charge in [-0.2, -0.15) is 4.39 Å². The zero-order valence-electron chi connectivity index (χ0n) is 29.3. The molecule has 0 spiro atoms. The molecule has 1 saturated carbocycles. The molecule has 4 aliphatic rings. The molecule has 7 rings (SSSR count). The minimum atomic E-state index is -1.34. The van der Waals surface area contributed by atoms with Gasteiger partial charge in [0, 0.05) is 37.3 Å². The third kappa shape index (κ3) is 8.14. The smallest absolute Gasteiger partial charge is 0.252 e. The summed E-state index contributed by atoms with van der Waals surface area (Å²) in [5, 5.41) is 16.8. The standard InChI is InChI=1S/C40H45F3N4O5/c1-24-4-2-6-30(18-24)51-17-15-47(28-11-12-28)40(50)36-31(19-27-22-46(23-35(36)45-27)39(49)34-20-29(48)21-44-34)26-9-7-25(8-10-26)5-3-16-52-38-33(42)14-13-32(41)37(38)43/h2,4,6-10,13-14,18,27-29,34-35,44-45,48H,3,5,11-12,15-17,19-23H2,1H3/t27-,29-,34?,35-/m1/s1. The zero-order chi connectivity index (χ0) is 36.4. The first-order valence-corrected chi connectivity index (χ1v) is 18.2. The van der Waals surface area contributed by atoms with Gasteiger partial charge in [0.25, 0.3) is 5.91 Å².